The van der Waals surface area contributed by atoms with E-state index in [9.17, 15) is 4.79 Å². The first kappa shape index (κ1) is 10.8. The molecule has 0 bridgehead atoms. The number of hydrogen-bond acceptors (Lipinski definition) is 4. The van der Waals surface area contributed by atoms with Crippen LogP contribution in [0.1, 0.15) is 23.7 Å². The van der Waals surface area contributed by atoms with E-state index in [0.29, 0.717) is 24.5 Å². The Morgan fingerprint density at radius 3 is 3.25 bits per heavy atom. The van der Waals surface area contributed by atoms with Crippen LogP contribution < -0.4 is 10.1 Å². The Labute approximate surface area is 94.6 Å². The van der Waals surface area contributed by atoms with Gasteiger partial charge < -0.3 is 14.8 Å². The van der Waals surface area contributed by atoms with E-state index in [2.05, 4.69) is 5.32 Å². The molecule has 0 saturated heterocycles. The zero-order valence-corrected chi connectivity index (χ0v) is 9.29. The molecule has 1 aromatic rings. The first-order valence-corrected chi connectivity index (χ1v) is 5.49. The van der Waals surface area contributed by atoms with Gasteiger partial charge in [-0.1, -0.05) is 6.07 Å². The second-order valence-electron chi connectivity index (χ2n) is 3.53. The number of rotatable bonds is 2. The van der Waals surface area contributed by atoms with Crippen LogP contribution in [0.3, 0.4) is 0 Å². The SMILES string of the molecule is CCOC(=O)c1cccc2c1OCCCN2. The summed E-state index contributed by atoms with van der Waals surface area (Å²) in [6, 6.07) is 5.46. The van der Waals surface area contributed by atoms with Crippen molar-refractivity contribution in [1.29, 1.82) is 0 Å². The molecule has 0 spiro atoms. The number of nitrogens with one attached hydrogen (secondary N) is 1. The Balaban J connectivity index is 2.34. The van der Waals surface area contributed by atoms with Crippen LogP contribution in [0.4, 0.5) is 5.69 Å². The summed E-state index contributed by atoms with van der Waals surface area (Å²) >= 11 is 0. The van der Waals surface area contributed by atoms with Gasteiger partial charge in [0.2, 0.25) is 0 Å². The summed E-state index contributed by atoms with van der Waals surface area (Å²) in [4.78, 5) is 11.7. The topological polar surface area (TPSA) is 47.6 Å². The maximum atomic E-state index is 11.7. The highest BCUT2D eigenvalue weighted by Crippen LogP contribution is 2.31. The minimum atomic E-state index is -0.331. The molecule has 86 valence electrons. The van der Waals surface area contributed by atoms with Gasteiger partial charge in [-0.05, 0) is 25.5 Å². The third-order valence-electron chi connectivity index (χ3n) is 2.39. The lowest BCUT2D eigenvalue weighted by Gasteiger charge is -2.11. The minimum absolute atomic E-state index is 0.331. The lowest BCUT2D eigenvalue weighted by molar-refractivity contribution is 0.0522. The standard InChI is InChI=1S/C12H15NO3/c1-2-15-12(14)9-5-3-6-10-11(9)16-8-4-7-13-10/h3,5-6,13H,2,4,7-8H2,1H3. The van der Waals surface area contributed by atoms with E-state index in [0.717, 1.165) is 18.7 Å². The first-order chi connectivity index (χ1) is 7.83. The van der Waals surface area contributed by atoms with Crippen LogP contribution >= 0.6 is 0 Å². The third-order valence-corrected chi connectivity index (χ3v) is 2.39. The van der Waals surface area contributed by atoms with Crippen LogP contribution in [-0.2, 0) is 4.74 Å². The monoisotopic (exact) mass is 221 g/mol. The molecule has 4 heteroatoms. The molecular weight excluding hydrogens is 206 g/mol. The third kappa shape index (κ3) is 2.10. The summed E-state index contributed by atoms with van der Waals surface area (Å²) in [5.41, 5.74) is 1.36. The van der Waals surface area contributed by atoms with Crippen LogP contribution in [0.25, 0.3) is 0 Å². The normalized spacial score (nSPS) is 14.1. The van der Waals surface area contributed by atoms with Crippen molar-refractivity contribution < 1.29 is 14.3 Å². The fourth-order valence-electron chi connectivity index (χ4n) is 1.67. The zero-order chi connectivity index (χ0) is 11.4. The van der Waals surface area contributed by atoms with Gasteiger partial charge in [-0.25, -0.2) is 4.79 Å². The summed E-state index contributed by atoms with van der Waals surface area (Å²) in [7, 11) is 0. The fourth-order valence-corrected chi connectivity index (χ4v) is 1.67. The average Bonchev–Trinajstić information content (AvgIpc) is 2.53. The molecule has 0 aromatic heterocycles. The molecule has 2 rings (SSSR count). The van der Waals surface area contributed by atoms with Crippen LogP contribution in [0.15, 0.2) is 18.2 Å². The van der Waals surface area contributed by atoms with Crippen LogP contribution in [0, 0.1) is 0 Å². The molecule has 1 aliphatic rings. The maximum Gasteiger partial charge on any atom is 0.341 e. The van der Waals surface area contributed by atoms with Gasteiger partial charge in [-0.2, -0.15) is 0 Å². The predicted octanol–water partition coefficient (Wildman–Crippen LogP) is 2.06. The smallest absolute Gasteiger partial charge is 0.341 e. The van der Waals surface area contributed by atoms with E-state index in [1.807, 2.05) is 12.1 Å². The van der Waals surface area contributed by atoms with Crippen LogP contribution in [0.2, 0.25) is 0 Å². The summed E-state index contributed by atoms with van der Waals surface area (Å²) in [5.74, 6) is 0.279. The van der Waals surface area contributed by atoms with Gasteiger partial charge in [0.15, 0.2) is 5.75 Å². The van der Waals surface area contributed by atoms with Crippen molar-refractivity contribution in [3.05, 3.63) is 23.8 Å². The number of anilines is 1. The van der Waals surface area contributed by atoms with Gasteiger partial charge in [0.1, 0.15) is 5.56 Å². The Hall–Kier alpha value is -1.71. The predicted molar refractivity (Wildman–Crippen MR) is 61.0 cm³/mol. The van der Waals surface area contributed by atoms with Crippen molar-refractivity contribution in [1.82, 2.24) is 0 Å². The lowest BCUT2D eigenvalue weighted by atomic mass is 10.1. The summed E-state index contributed by atoms with van der Waals surface area (Å²) in [5, 5.41) is 3.23. The number of para-hydroxylation sites is 1. The highest BCUT2D eigenvalue weighted by molar-refractivity contribution is 5.94. The van der Waals surface area contributed by atoms with Gasteiger partial charge in [0.25, 0.3) is 0 Å². The van der Waals surface area contributed by atoms with Gasteiger partial charge in [0, 0.05) is 6.54 Å². The number of benzene rings is 1. The van der Waals surface area contributed by atoms with Crippen molar-refractivity contribution in [2.24, 2.45) is 0 Å². The highest BCUT2D eigenvalue weighted by Gasteiger charge is 2.18. The first-order valence-electron chi connectivity index (χ1n) is 5.49. The molecule has 1 heterocycles. The van der Waals surface area contributed by atoms with Gasteiger partial charge in [0.05, 0.1) is 18.9 Å². The molecule has 1 N–H and O–H groups in total. The molecule has 0 fully saturated rings. The highest BCUT2D eigenvalue weighted by atomic mass is 16.5. The number of esters is 1. The van der Waals surface area contributed by atoms with E-state index in [1.165, 1.54) is 0 Å². The lowest BCUT2D eigenvalue weighted by Crippen LogP contribution is -2.08. The maximum absolute atomic E-state index is 11.7. The summed E-state index contributed by atoms with van der Waals surface area (Å²) in [6.07, 6.45) is 0.928. The Morgan fingerprint density at radius 1 is 1.56 bits per heavy atom. The minimum Gasteiger partial charge on any atom is -0.490 e. The van der Waals surface area contributed by atoms with Crippen LogP contribution in [-0.4, -0.2) is 25.7 Å². The second kappa shape index (κ2) is 4.88. The largest absolute Gasteiger partial charge is 0.490 e. The molecule has 0 radical (unpaired) electrons. The van der Waals surface area contributed by atoms with Gasteiger partial charge in [-0.3, -0.25) is 0 Å². The molecule has 0 aliphatic carbocycles. The number of hydrogen-bond donors (Lipinski definition) is 1. The molecular formula is C12H15NO3. The quantitative estimate of drug-likeness (QED) is 0.776. The van der Waals surface area contributed by atoms with Gasteiger partial charge in [-0.15, -0.1) is 0 Å². The fraction of sp³-hybridized carbons (Fsp3) is 0.417. The van der Waals surface area contributed by atoms with Crippen molar-refractivity contribution in [3.8, 4) is 5.75 Å². The van der Waals surface area contributed by atoms with E-state index in [1.54, 1.807) is 13.0 Å². The van der Waals surface area contributed by atoms with E-state index >= 15 is 0 Å². The Morgan fingerprint density at radius 2 is 2.44 bits per heavy atom. The van der Waals surface area contributed by atoms with E-state index < -0.39 is 0 Å². The van der Waals surface area contributed by atoms with Crippen molar-refractivity contribution in [2.75, 3.05) is 25.1 Å². The Kier molecular flexibility index (Phi) is 3.29. The molecule has 1 aliphatic heterocycles. The van der Waals surface area contributed by atoms with Crippen molar-refractivity contribution in [3.63, 3.8) is 0 Å². The molecule has 0 amide bonds. The van der Waals surface area contributed by atoms with Gasteiger partial charge >= 0.3 is 5.97 Å². The van der Waals surface area contributed by atoms with Crippen molar-refractivity contribution in [2.45, 2.75) is 13.3 Å². The number of fused-ring (bicyclic) bond motifs is 1. The molecule has 4 nitrogen and oxygen atoms in total. The molecule has 1 aromatic carbocycles. The zero-order valence-electron chi connectivity index (χ0n) is 9.29. The van der Waals surface area contributed by atoms with Crippen LogP contribution in [0.5, 0.6) is 5.75 Å². The Bertz CT molecular complexity index is 390. The molecule has 16 heavy (non-hydrogen) atoms. The van der Waals surface area contributed by atoms with Crippen molar-refractivity contribution >= 4 is 11.7 Å². The molecule has 0 unspecified atom stereocenters. The number of carbonyl (C=O) groups is 1. The number of ether oxygens (including phenoxy) is 2. The van der Waals surface area contributed by atoms with E-state index in [4.69, 9.17) is 9.47 Å². The molecule has 0 atom stereocenters. The molecule has 0 saturated carbocycles. The summed E-state index contributed by atoms with van der Waals surface area (Å²) < 4.78 is 10.6. The second-order valence-corrected chi connectivity index (χ2v) is 3.53. The number of carbonyl (C=O) groups excluding carboxylic acids is 1. The summed E-state index contributed by atoms with van der Waals surface area (Å²) in [6.45, 7) is 3.64. The average molecular weight is 221 g/mol. The van der Waals surface area contributed by atoms with E-state index in [-0.39, 0.29) is 5.97 Å².